The summed E-state index contributed by atoms with van der Waals surface area (Å²) < 4.78 is 4.99. The molecule has 9 aromatic rings. The minimum absolute atomic E-state index is 1.22. The number of fused-ring (bicyclic) bond motifs is 11. The largest absolute Gasteiger partial charge is 0.307 e. The molecule has 2 nitrogen and oxygen atoms in total. The molecular formula is C38H24N2. The molecule has 0 atom stereocenters. The summed E-state index contributed by atoms with van der Waals surface area (Å²) in [5.41, 5.74) is 9.80. The molecule has 3 aromatic heterocycles. The van der Waals surface area contributed by atoms with E-state index in [9.17, 15) is 0 Å². The molecule has 0 spiro atoms. The van der Waals surface area contributed by atoms with Gasteiger partial charge in [0.2, 0.25) is 0 Å². The van der Waals surface area contributed by atoms with Gasteiger partial charge in [-0.15, -0.1) is 0 Å². The first-order chi connectivity index (χ1) is 19.9. The van der Waals surface area contributed by atoms with E-state index in [0.717, 1.165) is 0 Å². The van der Waals surface area contributed by atoms with E-state index in [1.165, 1.54) is 76.7 Å². The van der Waals surface area contributed by atoms with Gasteiger partial charge in [0, 0.05) is 26.9 Å². The second-order valence-corrected chi connectivity index (χ2v) is 10.6. The van der Waals surface area contributed by atoms with Crippen molar-refractivity contribution < 1.29 is 0 Å². The highest BCUT2D eigenvalue weighted by Gasteiger charge is 2.22. The standard InChI is InChI=1S/C38H24N2/c1-2-12-25(13-3-1)26-22-23-32-36(24-26)40-33-19-9-6-15-28(33)27-14-4-5-18-31(27)37(40)38(32)39-34-20-10-7-16-29(34)30-17-8-11-21-35(30)39/h1-24H. The van der Waals surface area contributed by atoms with Crippen LogP contribution in [0.25, 0.3) is 76.7 Å². The predicted molar refractivity (Wildman–Crippen MR) is 170 cm³/mol. The van der Waals surface area contributed by atoms with Crippen molar-refractivity contribution in [1.29, 1.82) is 0 Å². The van der Waals surface area contributed by atoms with E-state index in [2.05, 4.69) is 155 Å². The van der Waals surface area contributed by atoms with E-state index in [1.54, 1.807) is 0 Å². The Bertz CT molecular complexity index is 2370. The maximum absolute atomic E-state index is 2.50. The summed E-state index contributed by atoms with van der Waals surface area (Å²) in [6, 6.07) is 52.9. The van der Waals surface area contributed by atoms with Crippen LogP contribution in [-0.2, 0) is 0 Å². The Labute approximate surface area is 230 Å². The van der Waals surface area contributed by atoms with Crippen molar-refractivity contribution in [2.24, 2.45) is 0 Å². The number of nitrogens with zero attached hydrogens (tertiary/aromatic N) is 2. The zero-order valence-corrected chi connectivity index (χ0v) is 21.8. The Morgan fingerprint density at radius 2 is 0.850 bits per heavy atom. The van der Waals surface area contributed by atoms with E-state index < -0.39 is 0 Å². The average Bonchev–Trinajstić information content (AvgIpc) is 3.54. The van der Waals surface area contributed by atoms with Gasteiger partial charge in [-0.1, -0.05) is 121 Å². The lowest BCUT2D eigenvalue weighted by atomic mass is 10.0. The Morgan fingerprint density at radius 3 is 1.52 bits per heavy atom. The molecule has 0 N–H and O–H groups in total. The normalized spacial score (nSPS) is 12.0. The van der Waals surface area contributed by atoms with Crippen LogP contribution in [0.5, 0.6) is 0 Å². The van der Waals surface area contributed by atoms with Crippen LogP contribution < -0.4 is 0 Å². The topological polar surface area (TPSA) is 9.34 Å². The first-order valence-corrected chi connectivity index (χ1v) is 13.8. The fourth-order valence-corrected chi connectivity index (χ4v) is 6.79. The van der Waals surface area contributed by atoms with Gasteiger partial charge < -0.3 is 8.97 Å². The first kappa shape index (κ1) is 21.6. The molecule has 0 bridgehead atoms. The van der Waals surface area contributed by atoms with Gasteiger partial charge in [0.15, 0.2) is 0 Å². The van der Waals surface area contributed by atoms with Crippen molar-refractivity contribution >= 4 is 59.9 Å². The minimum Gasteiger partial charge on any atom is -0.307 e. The fraction of sp³-hybridized carbons (Fsp3) is 0. The lowest BCUT2D eigenvalue weighted by Crippen LogP contribution is -1.96. The van der Waals surface area contributed by atoms with Crippen LogP contribution in [0.2, 0.25) is 0 Å². The molecule has 40 heavy (non-hydrogen) atoms. The van der Waals surface area contributed by atoms with Crippen molar-refractivity contribution in [2.75, 3.05) is 0 Å². The lowest BCUT2D eigenvalue weighted by molar-refractivity contribution is 1.21. The molecule has 9 rings (SSSR count). The molecule has 0 aliphatic rings. The number of para-hydroxylation sites is 3. The zero-order chi connectivity index (χ0) is 26.2. The van der Waals surface area contributed by atoms with E-state index >= 15 is 0 Å². The van der Waals surface area contributed by atoms with Gasteiger partial charge in [-0.2, -0.15) is 0 Å². The van der Waals surface area contributed by atoms with Gasteiger partial charge in [-0.05, 0) is 40.8 Å². The van der Waals surface area contributed by atoms with E-state index in [0.29, 0.717) is 0 Å². The molecule has 0 unspecified atom stereocenters. The van der Waals surface area contributed by atoms with Crippen molar-refractivity contribution in [3.8, 4) is 16.8 Å². The SMILES string of the molecule is c1ccc(-c2ccc3c(-n4c5ccccc5c5ccccc54)c4c5ccccc5c5ccccc5n4c3c2)cc1. The van der Waals surface area contributed by atoms with Crippen molar-refractivity contribution in [2.45, 2.75) is 0 Å². The van der Waals surface area contributed by atoms with Crippen LogP contribution in [0.4, 0.5) is 0 Å². The summed E-state index contributed by atoms with van der Waals surface area (Å²) in [6.45, 7) is 0. The molecule has 0 fully saturated rings. The highest BCUT2D eigenvalue weighted by molar-refractivity contribution is 6.21. The van der Waals surface area contributed by atoms with Gasteiger partial charge in [-0.25, -0.2) is 0 Å². The second kappa shape index (κ2) is 8.08. The monoisotopic (exact) mass is 508 g/mol. The molecule has 0 amide bonds. The molecule has 0 aliphatic carbocycles. The van der Waals surface area contributed by atoms with Gasteiger partial charge in [-0.3, -0.25) is 0 Å². The number of hydrogen-bond donors (Lipinski definition) is 0. The summed E-state index contributed by atoms with van der Waals surface area (Å²) in [7, 11) is 0. The summed E-state index contributed by atoms with van der Waals surface area (Å²) in [6.07, 6.45) is 0. The molecular weight excluding hydrogens is 484 g/mol. The Balaban J connectivity index is 1.58. The van der Waals surface area contributed by atoms with Crippen molar-refractivity contribution in [1.82, 2.24) is 8.97 Å². The molecule has 3 heterocycles. The zero-order valence-electron chi connectivity index (χ0n) is 21.8. The number of hydrogen-bond acceptors (Lipinski definition) is 0. The van der Waals surface area contributed by atoms with Crippen LogP contribution in [0.1, 0.15) is 0 Å². The second-order valence-electron chi connectivity index (χ2n) is 10.6. The predicted octanol–water partition coefficient (Wildman–Crippen LogP) is 10.2. The molecule has 0 saturated carbocycles. The fourth-order valence-electron chi connectivity index (χ4n) is 6.79. The third-order valence-electron chi connectivity index (χ3n) is 8.47. The van der Waals surface area contributed by atoms with Crippen molar-refractivity contribution in [3.63, 3.8) is 0 Å². The van der Waals surface area contributed by atoms with Gasteiger partial charge in [0.25, 0.3) is 0 Å². The molecule has 0 saturated heterocycles. The average molecular weight is 509 g/mol. The summed E-state index contributed by atoms with van der Waals surface area (Å²) in [5, 5.41) is 7.59. The van der Waals surface area contributed by atoms with E-state index in [-0.39, 0.29) is 0 Å². The number of rotatable bonds is 2. The maximum Gasteiger partial charge on any atom is 0.0803 e. The van der Waals surface area contributed by atoms with E-state index in [4.69, 9.17) is 0 Å². The highest BCUT2D eigenvalue weighted by atomic mass is 15.0. The maximum atomic E-state index is 2.50. The molecule has 6 aromatic carbocycles. The van der Waals surface area contributed by atoms with Gasteiger partial charge in [0.05, 0.1) is 33.3 Å². The summed E-state index contributed by atoms with van der Waals surface area (Å²) in [5.74, 6) is 0. The first-order valence-electron chi connectivity index (χ1n) is 13.8. The molecule has 186 valence electrons. The van der Waals surface area contributed by atoms with Crippen LogP contribution in [0.3, 0.4) is 0 Å². The van der Waals surface area contributed by atoms with Gasteiger partial charge >= 0.3 is 0 Å². The van der Waals surface area contributed by atoms with Crippen LogP contribution in [-0.4, -0.2) is 8.97 Å². The van der Waals surface area contributed by atoms with Crippen LogP contribution in [0, 0.1) is 0 Å². The highest BCUT2D eigenvalue weighted by Crippen LogP contribution is 2.43. The van der Waals surface area contributed by atoms with Crippen molar-refractivity contribution in [3.05, 3.63) is 146 Å². The Morgan fingerprint density at radius 1 is 0.325 bits per heavy atom. The van der Waals surface area contributed by atoms with Gasteiger partial charge in [0.1, 0.15) is 0 Å². The Kier molecular flexibility index (Phi) is 4.36. The number of benzene rings is 6. The van der Waals surface area contributed by atoms with Crippen LogP contribution >= 0.6 is 0 Å². The molecule has 0 radical (unpaired) electrons. The number of aromatic nitrogens is 2. The minimum atomic E-state index is 1.22. The van der Waals surface area contributed by atoms with Crippen LogP contribution in [0.15, 0.2) is 146 Å². The third kappa shape index (κ3) is 2.82. The number of pyridine rings is 1. The summed E-state index contributed by atoms with van der Waals surface area (Å²) in [4.78, 5) is 0. The van der Waals surface area contributed by atoms with E-state index in [1.807, 2.05) is 0 Å². The molecule has 2 heteroatoms. The quantitative estimate of drug-likeness (QED) is 0.206. The molecule has 0 aliphatic heterocycles. The lowest BCUT2D eigenvalue weighted by Gasteiger charge is -2.13. The Hall–Kier alpha value is -5.34. The smallest absolute Gasteiger partial charge is 0.0803 e. The summed E-state index contributed by atoms with van der Waals surface area (Å²) >= 11 is 0. The third-order valence-corrected chi connectivity index (χ3v) is 8.47.